The number of carbonyl (C=O) groups is 1. The summed E-state index contributed by atoms with van der Waals surface area (Å²) in [4.78, 5) is 12.8. The first-order valence-corrected chi connectivity index (χ1v) is 6.02. The lowest BCUT2D eigenvalue weighted by Crippen LogP contribution is -2.32. The summed E-state index contributed by atoms with van der Waals surface area (Å²) in [5.74, 6) is 0.807. The fourth-order valence-electron chi connectivity index (χ4n) is 1.81. The van der Waals surface area contributed by atoms with Crippen LogP contribution in [0, 0.1) is 11.8 Å². The van der Waals surface area contributed by atoms with Crippen molar-refractivity contribution in [3.8, 4) is 0 Å². The molecule has 1 aliphatic carbocycles. The van der Waals surface area contributed by atoms with Crippen LogP contribution in [0.1, 0.15) is 39.5 Å². The van der Waals surface area contributed by atoms with Crippen LogP contribution in [0.2, 0.25) is 0 Å². The van der Waals surface area contributed by atoms with Crippen molar-refractivity contribution in [2.24, 2.45) is 11.8 Å². The lowest BCUT2D eigenvalue weighted by atomic mass is 10.1. The molecule has 0 spiro atoms. The third-order valence-electron chi connectivity index (χ3n) is 2.83. The van der Waals surface area contributed by atoms with Gasteiger partial charge in [0, 0.05) is 6.54 Å². The van der Waals surface area contributed by atoms with Crippen molar-refractivity contribution in [1.82, 2.24) is 4.90 Å². The molecule has 0 bridgehead atoms. The van der Waals surface area contributed by atoms with Crippen molar-refractivity contribution >= 4 is 5.97 Å². The number of aliphatic carboxylic acids is 1. The summed E-state index contributed by atoms with van der Waals surface area (Å²) in [6, 6.07) is 0. The second-order valence-corrected chi connectivity index (χ2v) is 5.11. The van der Waals surface area contributed by atoms with Gasteiger partial charge in [0.05, 0.1) is 6.54 Å². The fraction of sp³-hybridized carbons (Fsp3) is 0.917. The Bertz CT molecular complexity index is 200. The Balaban J connectivity index is 2.17. The molecule has 1 N–H and O–H groups in total. The maximum Gasteiger partial charge on any atom is 0.317 e. The van der Waals surface area contributed by atoms with Crippen molar-refractivity contribution < 1.29 is 9.90 Å². The monoisotopic (exact) mass is 213 g/mol. The number of hydrogen-bond acceptors (Lipinski definition) is 2. The summed E-state index contributed by atoms with van der Waals surface area (Å²) in [5.41, 5.74) is 0. The van der Waals surface area contributed by atoms with Crippen molar-refractivity contribution in [3.05, 3.63) is 0 Å². The van der Waals surface area contributed by atoms with Crippen LogP contribution in [-0.2, 0) is 4.79 Å². The zero-order valence-electron chi connectivity index (χ0n) is 9.91. The van der Waals surface area contributed by atoms with E-state index in [1.807, 2.05) is 0 Å². The Morgan fingerprint density at radius 3 is 2.60 bits per heavy atom. The van der Waals surface area contributed by atoms with Gasteiger partial charge in [-0.25, -0.2) is 0 Å². The van der Waals surface area contributed by atoms with Gasteiger partial charge < -0.3 is 5.11 Å². The highest BCUT2D eigenvalue weighted by molar-refractivity contribution is 5.69. The van der Waals surface area contributed by atoms with Crippen molar-refractivity contribution in [2.45, 2.75) is 39.5 Å². The van der Waals surface area contributed by atoms with E-state index in [9.17, 15) is 4.79 Å². The van der Waals surface area contributed by atoms with Crippen LogP contribution in [0.25, 0.3) is 0 Å². The van der Waals surface area contributed by atoms with Gasteiger partial charge in [-0.1, -0.05) is 13.8 Å². The van der Waals surface area contributed by atoms with E-state index in [0.29, 0.717) is 0 Å². The molecule has 0 unspecified atom stereocenters. The molecule has 0 aromatic carbocycles. The summed E-state index contributed by atoms with van der Waals surface area (Å²) in [5, 5.41) is 8.78. The van der Waals surface area contributed by atoms with Crippen LogP contribution < -0.4 is 0 Å². The van der Waals surface area contributed by atoms with Gasteiger partial charge in [0.15, 0.2) is 0 Å². The first-order chi connectivity index (χ1) is 7.08. The zero-order chi connectivity index (χ0) is 11.3. The molecule has 15 heavy (non-hydrogen) atoms. The van der Waals surface area contributed by atoms with E-state index < -0.39 is 5.97 Å². The molecule has 0 saturated heterocycles. The van der Waals surface area contributed by atoms with Crippen LogP contribution >= 0.6 is 0 Å². The first-order valence-electron chi connectivity index (χ1n) is 6.02. The smallest absolute Gasteiger partial charge is 0.317 e. The highest BCUT2D eigenvalue weighted by atomic mass is 16.4. The quantitative estimate of drug-likeness (QED) is 0.672. The lowest BCUT2D eigenvalue weighted by molar-refractivity contribution is -0.138. The Morgan fingerprint density at radius 2 is 2.13 bits per heavy atom. The van der Waals surface area contributed by atoms with E-state index in [-0.39, 0.29) is 6.54 Å². The van der Waals surface area contributed by atoms with Crippen LogP contribution in [0.15, 0.2) is 0 Å². The number of carboxylic acids is 1. The standard InChI is InChI=1S/C12H23NO2/c1-10(2)4-3-7-13(9-12(14)15)8-11-5-6-11/h10-11H,3-9H2,1-2H3,(H,14,15). The van der Waals surface area contributed by atoms with Crippen LogP contribution in [-0.4, -0.2) is 35.6 Å². The summed E-state index contributed by atoms with van der Waals surface area (Å²) in [7, 11) is 0. The van der Waals surface area contributed by atoms with Crippen LogP contribution in [0.4, 0.5) is 0 Å². The molecular weight excluding hydrogens is 190 g/mol. The molecule has 88 valence electrons. The van der Waals surface area contributed by atoms with Crippen LogP contribution in [0.3, 0.4) is 0 Å². The van der Waals surface area contributed by atoms with E-state index in [1.165, 1.54) is 19.3 Å². The molecule has 0 heterocycles. The maximum atomic E-state index is 10.7. The van der Waals surface area contributed by atoms with Gasteiger partial charge in [-0.05, 0) is 44.1 Å². The predicted molar refractivity (Wildman–Crippen MR) is 60.9 cm³/mol. The summed E-state index contributed by atoms with van der Waals surface area (Å²) in [6.07, 6.45) is 4.90. The molecular formula is C12H23NO2. The molecule has 0 aliphatic heterocycles. The SMILES string of the molecule is CC(C)CCCN(CC(=O)O)CC1CC1. The zero-order valence-corrected chi connectivity index (χ0v) is 9.91. The normalized spacial score (nSPS) is 16.3. The van der Waals surface area contributed by atoms with Gasteiger partial charge >= 0.3 is 5.97 Å². The molecule has 1 fully saturated rings. The van der Waals surface area contributed by atoms with Crippen LogP contribution in [0.5, 0.6) is 0 Å². The van der Waals surface area contributed by atoms with E-state index in [0.717, 1.165) is 31.3 Å². The minimum Gasteiger partial charge on any atom is -0.480 e. The largest absolute Gasteiger partial charge is 0.480 e. The molecule has 0 aromatic rings. The molecule has 1 aliphatic rings. The molecule has 3 heteroatoms. The van der Waals surface area contributed by atoms with Crippen molar-refractivity contribution in [3.63, 3.8) is 0 Å². The van der Waals surface area contributed by atoms with E-state index in [2.05, 4.69) is 18.7 Å². The third-order valence-corrected chi connectivity index (χ3v) is 2.83. The fourth-order valence-corrected chi connectivity index (χ4v) is 1.81. The number of hydrogen-bond donors (Lipinski definition) is 1. The molecule has 0 aromatic heterocycles. The van der Waals surface area contributed by atoms with E-state index in [1.54, 1.807) is 0 Å². The first kappa shape index (κ1) is 12.5. The van der Waals surface area contributed by atoms with E-state index >= 15 is 0 Å². The average Bonchev–Trinajstić information content (AvgIpc) is 2.86. The number of rotatable bonds is 8. The second kappa shape index (κ2) is 6.11. The average molecular weight is 213 g/mol. The molecule has 1 rings (SSSR count). The summed E-state index contributed by atoms with van der Waals surface area (Å²) >= 11 is 0. The lowest BCUT2D eigenvalue weighted by Gasteiger charge is -2.20. The number of carboxylic acid groups (broad SMARTS) is 1. The molecule has 0 amide bonds. The van der Waals surface area contributed by atoms with Gasteiger partial charge in [0.25, 0.3) is 0 Å². The summed E-state index contributed by atoms with van der Waals surface area (Å²) < 4.78 is 0. The molecule has 0 radical (unpaired) electrons. The Kier molecular flexibility index (Phi) is 5.09. The minimum absolute atomic E-state index is 0.217. The van der Waals surface area contributed by atoms with Gasteiger partial charge in [-0.3, -0.25) is 9.69 Å². The maximum absolute atomic E-state index is 10.7. The Labute approximate surface area is 92.5 Å². The second-order valence-electron chi connectivity index (χ2n) is 5.11. The molecule has 1 saturated carbocycles. The van der Waals surface area contributed by atoms with Gasteiger partial charge in [-0.2, -0.15) is 0 Å². The number of nitrogens with zero attached hydrogens (tertiary/aromatic N) is 1. The Morgan fingerprint density at radius 1 is 1.47 bits per heavy atom. The highest BCUT2D eigenvalue weighted by Crippen LogP contribution is 2.29. The minimum atomic E-state index is -0.694. The molecule has 0 atom stereocenters. The third kappa shape index (κ3) is 6.50. The van der Waals surface area contributed by atoms with Gasteiger partial charge in [0.2, 0.25) is 0 Å². The van der Waals surface area contributed by atoms with Crippen molar-refractivity contribution in [1.29, 1.82) is 0 Å². The van der Waals surface area contributed by atoms with Crippen molar-refractivity contribution in [2.75, 3.05) is 19.6 Å². The molecule has 3 nitrogen and oxygen atoms in total. The predicted octanol–water partition coefficient (Wildman–Crippen LogP) is 2.22. The van der Waals surface area contributed by atoms with Gasteiger partial charge in [0.1, 0.15) is 0 Å². The summed E-state index contributed by atoms with van der Waals surface area (Å²) in [6.45, 7) is 6.57. The van der Waals surface area contributed by atoms with Gasteiger partial charge in [-0.15, -0.1) is 0 Å². The topological polar surface area (TPSA) is 40.5 Å². The Hall–Kier alpha value is -0.570. The van der Waals surface area contributed by atoms with E-state index in [4.69, 9.17) is 5.11 Å². The highest BCUT2D eigenvalue weighted by Gasteiger charge is 2.24.